The van der Waals surface area contributed by atoms with E-state index in [4.69, 9.17) is 9.47 Å². The molecule has 1 heterocycles. The predicted octanol–water partition coefficient (Wildman–Crippen LogP) is 5.60. The quantitative estimate of drug-likeness (QED) is 0.347. The number of nitrogens with zero attached hydrogens (tertiary/aromatic N) is 2. The number of carbonyl (C=O) groups is 1. The zero-order valence-electron chi connectivity index (χ0n) is 18.3. The standard InChI is InChI=1S/C26H23N3O3S/c1-31-21-8-10-22(11-9-21)32-25-15-24(28-17-29-25)19-4-3-5-20(14-19)26(30)27-16-18-6-12-23(33-2)13-7-18/h3-15,17H,16H2,1-2H3,(H,27,30). The zero-order valence-corrected chi connectivity index (χ0v) is 19.1. The molecule has 1 aromatic heterocycles. The summed E-state index contributed by atoms with van der Waals surface area (Å²) in [6.07, 6.45) is 3.48. The lowest BCUT2D eigenvalue weighted by Crippen LogP contribution is -2.22. The summed E-state index contributed by atoms with van der Waals surface area (Å²) in [4.78, 5) is 22.4. The zero-order chi connectivity index (χ0) is 23.0. The molecule has 0 spiro atoms. The Balaban J connectivity index is 1.45. The number of thioether (sulfide) groups is 1. The van der Waals surface area contributed by atoms with Crippen LogP contribution in [-0.4, -0.2) is 29.2 Å². The smallest absolute Gasteiger partial charge is 0.251 e. The van der Waals surface area contributed by atoms with Crippen LogP contribution in [-0.2, 0) is 6.54 Å². The van der Waals surface area contributed by atoms with Crippen LogP contribution in [0.25, 0.3) is 11.3 Å². The van der Waals surface area contributed by atoms with Gasteiger partial charge in [0.25, 0.3) is 5.91 Å². The number of rotatable bonds is 8. The summed E-state index contributed by atoms with van der Waals surface area (Å²) in [6.45, 7) is 0.463. The van der Waals surface area contributed by atoms with E-state index in [0.717, 1.165) is 16.9 Å². The molecule has 4 rings (SSSR count). The fraction of sp³-hybridized carbons (Fsp3) is 0.115. The first-order chi connectivity index (χ1) is 16.1. The highest BCUT2D eigenvalue weighted by molar-refractivity contribution is 7.98. The highest BCUT2D eigenvalue weighted by Gasteiger charge is 2.10. The number of amides is 1. The average molecular weight is 458 g/mol. The third-order valence-corrected chi connectivity index (χ3v) is 5.70. The molecule has 0 saturated carbocycles. The summed E-state index contributed by atoms with van der Waals surface area (Å²) in [5, 5.41) is 2.97. The van der Waals surface area contributed by atoms with Crippen LogP contribution in [0.15, 0.2) is 90.1 Å². The lowest BCUT2D eigenvalue weighted by atomic mass is 10.1. The number of carbonyl (C=O) groups excluding carboxylic acids is 1. The van der Waals surface area contributed by atoms with Gasteiger partial charge in [-0.1, -0.05) is 24.3 Å². The second-order valence-corrected chi connectivity index (χ2v) is 8.01. The molecule has 0 bridgehead atoms. The van der Waals surface area contributed by atoms with Crippen molar-refractivity contribution < 1.29 is 14.3 Å². The van der Waals surface area contributed by atoms with E-state index in [1.165, 1.54) is 11.2 Å². The summed E-state index contributed by atoms with van der Waals surface area (Å²) in [6, 6.07) is 24.5. The summed E-state index contributed by atoms with van der Waals surface area (Å²) >= 11 is 1.69. The second kappa shape index (κ2) is 10.7. The van der Waals surface area contributed by atoms with Gasteiger partial charge in [0, 0.05) is 28.6 Å². The van der Waals surface area contributed by atoms with Crippen molar-refractivity contribution in [3.8, 4) is 28.6 Å². The molecule has 3 aromatic carbocycles. The van der Waals surface area contributed by atoms with Gasteiger partial charge in [-0.25, -0.2) is 9.97 Å². The SMILES string of the molecule is COc1ccc(Oc2cc(-c3cccc(C(=O)NCc4ccc(SC)cc4)c3)ncn2)cc1. The number of benzene rings is 3. The van der Waals surface area contributed by atoms with E-state index in [-0.39, 0.29) is 5.91 Å². The molecule has 1 amide bonds. The number of aromatic nitrogens is 2. The van der Waals surface area contributed by atoms with Gasteiger partial charge in [-0.15, -0.1) is 11.8 Å². The highest BCUT2D eigenvalue weighted by Crippen LogP contribution is 2.26. The van der Waals surface area contributed by atoms with E-state index in [1.54, 1.807) is 43.1 Å². The molecule has 33 heavy (non-hydrogen) atoms. The van der Waals surface area contributed by atoms with E-state index in [0.29, 0.717) is 29.4 Å². The van der Waals surface area contributed by atoms with Gasteiger partial charge >= 0.3 is 0 Å². The van der Waals surface area contributed by atoms with Gasteiger partial charge < -0.3 is 14.8 Å². The van der Waals surface area contributed by atoms with Crippen LogP contribution in [0.5, 0.6) is 17.4 Å². The van der Waals surface area contributed by atoms with Crippen LogP contribution in [0.1, 0.15) is 15.9 Å². The molecular formula is C26H23N3O3S. The number of nitrogens with one attached hydrogen (secondary N) is 1. The Hall–Kier alpha value is -3.84. The third kappa shape index (κ3) is 5.90. The molecule has 1 N–H and O–H groups in total. The minimum Gasteiger partial charge on any atom is -0.497 e. The first-order valence-electron chi connectivity index (χ1n) is 10.3. The van der Waals surface area contributed by atoms with Crippen molar-refractivity contribution in [2.24, 2.45) is 0 Å². The molecule has 0 fully saturated rings. The minimum atomic E-state index is -0.144. The van der Waals surface area contributed by atoms with Crippen molar-refractivity contribution >= 4 is 17.7 Å². The molecule has 0 saturated heterocycles. The summed E-state index contributed by atoms with van der Waals surface area (Å²) in [7, 11) is 1.61. The lowest BCUT2D eigenvalue weighted by molar-refractivity contribution is 0.0951. The molecule has 0 aliphatic heterocycles. The van der Waals surface area contributed by atoms with E-state index in [1.807, 2.05) is 60.9 Å². The summed E-state index contributed by atoms with van der Waals surface area (Å²) < 4.78 is 11.0. The first kappa shape index (κ1) is 22.4. The maximum absolute atomic E-state index is 12.7. The van der Waals surface area contributed by atoms with Crippen LogP contribution >= 0.6 is 11.8 Å². The fourth-order valence-electron chi connectivity index (χ4n) is 3.17. The molecule has 0 aliphatic rings. The van der Waals surface area contributed by atoms with Crippen LogP contribution < -0.4 is 14.8 Å². The van der Waals surface area contributed by atoms with E-state index in [2.05, 4.69) is 15.3 Å². The molecule has 7 heteroatoms. The van der Waals surface area contributed by atoms with Crippen LogP contribution in [0.3, 0.4) is 0 Å². The van der Waals surface area contributed by atoms with Crippen molar-refractivity contribution in [1.82, 2.24) is 15.3 Å². The maximum Gasteiger partial charge on any atom is 0.251 e. The van der Waals surface area contributed by atoms with E-state index >= 15 is 0 Å². The highest BCUT2D eigenvalue weighted by atomic mass is 32.2. The van der Waals surface area contributed by atoms with E-state index < -0.39 is 0 Å². The van der Waals surface area contributed by atoms with Crippen molar-refractivity contribution in [3.05, 3.63) is 96.3 Å². The van der Waals surface area contributed by atoms with Crippen molar-refractivity contribution in [2.45, 2.75) is 11.4 Å². The van der Waals surface area contributed by atoms with Gasteiger partial charge in [-0.2, -0.15) is 0 Å². The van der Waals surface area contributed by atoms with Crippen molar-refractivity contribution in [3.63, 3.8) is 0 Å². The van der Waals surface area contributed by atoms with Crippen LogP contribution in [0, 0.1) is 0 Å². The molecule has 0 unspecified atom stereocenters. The Bertz CT molecular complexity index is 1230. The lowest BCUT2D eigenvalue weighted by Gasteiger charge is -2.09. The Labute approximate surface area is 197 Å². The Morgan fingerprint density at radius 1 is 0.939 bits per heavy atom. The van der Waals surface area contributed by atoms with Gasteiger partial charge in [0.05, 0.1) is 12.8 Å². The average Bonchev–Trinajstić information content (AvgIpc) is 2.88. The van der Waals surface area contributed by atoms with Crippen LogP contribution in [0.4, 0.5) is 0 Å². The number of hydrogen-bond acceptors (Lipinski definition) is 6. The monoisotopic (exact) mass is 457 g/mol. The molecule has 4 aromatic rings. The number of hydrogen-bond donors (Lipinski definition) is 1. The van der Waals surface area contributed by atoms with Gasteiger partial charge in [0.2, 0.25) is 5.88 Å². The van der Waals surface area contributed by atoms with Crippen molar-refractivity contribution in [1.29, 1.82) is 0 Å². The van der Waals surface area contributed by atoms with Gasteiger partial charge in [-0.05, 0) is 60.4 Å². The molecule has 0 atom stereocenters. The molecular weight excluding hydrogens is 434 g/mol. The first-order valence-corrected chi connectivity index (χ1v) is 11.5. The maximum atomic E-state index is 12.7. The Kier molecular flexibility index (Phi) is 7.22. The van der Waals surface area contributed by atoms with Gasteiger partial charge in [0.15, 0.2) is 0 Å². The summed E-state index contributed by atoms with van der Waals surface area (Å²) in [5.74, 6) is 1.65. The topological polar surface area (TPSA) is 73.3 Å². The van der Waals surface area contributed by atoms with E-state index in [9.17, 15) is 4.79 Å². The number of ether oxygens (including phenoxy) is 2. The predicted molar refractivity (Wildman–Crippen MR) is 130 cm³/mol. The van der Waals surface area contributed by atoms with Gasteiger partial charge in [-0.3, -0.25) is 4.79 Å². The van der Waals surface area contributed by atoms with Crippen LogP contribution in [0.2, 0.25) is 0 Å². The third-order valence-electron chi connectivity index (χ3n) is 4.96. The fourth-order valence-corrected chi connectivity index (χ4v) is 3.57. The minimum absolute atomic E-state index is 0.144. The Morgan fingerprint density at radius 3 is 2.42 bits per heavy atom. The molecule has 0 radical (unpaired) electrons. The summed E-state index contributed by atoms with van der Waals surface area (Å²) in [5.41, 5.74) is 3.07. The molecule has 6 nitrogen and oxygen atoms in total. The number of methoxy groups -OCH3 is 1. The molecule has 0 aliphatic carbocycles. The second-order valence-electron chi connectivity index (χ2n) is 7.13. The largest absolute Gasteiger partial charge is 0.497 e. The van der Waals surface area contributed by atoms with Crippen molar-refractivity contribution in [2.75, 3.05) is 13.4 Å². The van der Waals surface area contributed by atoms with Gasteiger partial charge in [0.1, 0.15) is 17.8 Å². The molecule has 166 valence electrons. The normalized spacial score (nSPS) is 10.5. The Morgan fingerprint density at radius 2 is 1.70 bits per heavy atom.